The van der Waals surface area contributed by atoms with E-state index in [4.69, 9.17) is 14.2 Å². The van der Waals surface area contributed by atoms with Crippen LogP contribution < -0.4 is 9.47 Å². The molecule has 23 heavy (non-hydrogen) atoms. The molecule has 2 bridgehead atoms. The van der Waals surface area contributed by atoms with Crippen LogP contribution in [0.1, 0.15) is 17.5 Å². The van der Waals surface area contributed by atoms with E-state index in [1.54, 1.807) is 14.2 Å². The third kappa shape index (κ3) is 1.05. The lowest BCUT2D eigenvalue weighted by Gasteiger charge is -2.41. The highest BCUT2D eigenvalue weighted by atomic mass is 16.6. The number of likely N-dealkylation sites (N-methyl/N-ethyl adjacent to an activating group) is 1. The zero-order valence-electron chi connectivity index (χ0n) is 13.6. The molecule has 1 aromatic carbocycles. The highest BCUT2D eigenvalue weighted by Crippen LogP contribution is 2.74. The minimum Gasteiger partial charge on any atom is -0.497 e. The van der Waals surface area contributed by atoms with E-state index in [1.165, 1.54) is 16.7 Å². The number of benzene rings is 1. The number of likely N-dealkylation sites (tertiary alicyclic amines) is 1. The van der Waals surface area contributed by atoms with Crippen LogP contribution in [0, 0.1) is 0 Å². The quantitative estimate of drug-likeness (QED) is 0.784. The first-order chi connectivity index (χ1) is 11.2. The summed E-state index contributed by atoms with van der Waals surface area (Å²) in [6.45, 7) is 0. The van der Waals surface area contributed by atoms with Crippen LogP contribution in [0.4, 0.5) is 0 Å². The van der Waals surface area contributed by atoms with Crippen molar-refractivity contribution in [3.8, 4) is 11.5 Å². The third-order valence-corrected chi connectivity index (χ3v) is 6.90. The van der Waals surface area contributed by atoms with Crippen molar-refractivity contribution in [1.29, 1.82) is 0 Å². The number of nitrogens with zero attached hydrogens (tertiary/aromatic N) is 1. The van der Waals surface area contributed by atoms with Gasteiger partial charge in [0, 0.05) is 11.1 Å². The summed E-state index contributed by atoms with van der Waals surface area (Å²) < 4.78 is 17.7. The van der Waals surface area contributed by atoms with E-state index in [9.17, 15) is 0 Å². The Bertz CT molecular complexity index is 841. The molecule has 0 aromatic heterocycles. The Morgan fingerprint density at radius 2 is 2.09 bits per heavy atom. The van der Waals surface area contributed by atoms with Crippen molar-refractivity contribution >= 4 is 0 Å². The molecular weight excluding hydrogens is 290 g/mol. The molecule has 6 rings (SSSR count). The molecule has 0 radical (unpaired) electrons. The molecular formula is C19H19NO3. The first-order valence-corrected chi connectivity index (χ1v) is 8.23. The van der Waals surface area contributed by atoms with Gasteiger partial charge < -0.3 is 14.2 Å². The molecule has 1 saturated heterocycles. The second-order valence-corrected chi connectivity index (χ2v) is 7.47. The van der Waals surface area contributed by atoms with Gasteiger partial charge in [0.2, 0.25) is 0 Å². The van der Waals surface area contributed by atoms with Crippen molar-refractivity contribution in [3.63, 3.8) is 0 Å². The number of hydrogen-bond donors (Lipinski definition) is 0. The Kier molecular flexibility index (Phi) is 1.86. The Morgan fingerprint density at radius 3 is 2.87 bits per heavy atom. The summed E-state index contributed by atoms with van der Waals surface area (Å²) in [6.07, 6.45) is 6.59. The maximum absolute atomic E-state index is 6.47. The van der Waals surface area contributed by atoms with E-state index in [0.29, 0.717) is 6.04 Å². The molecule has 2 spiro atoms. The van der Waals surface area contributed by atoms with Gasteiger partial charge in [0.15, 0.2) is 17.6 Å². The Balaban J connectivity index is 1.70. The van der Waals surface area contributed by atoms with Crippen molar-refractivity contribution in [3.05, 3.63) is 46.7 Å². The Morgan fingerprint density at radius 1 is 1.22 bits per heavy atom. The molecule has 5 aliphatic rings. The number of fused-ring (bicyclic) bond motifs is 1. The first kappa shape index (κ1) is 12.5. The molecule has 1 saturated carbocycles. The predicted molar refractivity (Wildman–Crippen MR) is 84.9 cm³/mol. The molecule has 118 valence electrons. The van der Waals surface area contributed by atoms with Crippen LogP contribution in [0.15, 0.2) is 35.6 Å². The summed E-state index contributed by atoms with van der Waals surface area (Å²) in [4.78, 5) is 2.54. The van der Waals surface area contributed by atoms with E-state index in [0.717, 1.165) is 30.1 Å². The Hall–Kier alpha value is -1.94. The van der Waals surface area contributed by atoms with Gasteiger partial charge in [0.25, 0.3) is 0 Å². The van der Waals surface area contributed by atoms with Crippen molar-refractivity contribution in [2.45, 2.75) is 35.9 Å². The molecule has 4 nitrogen and oxygen atoms in total. The second kappa shape index (κ2) is 3.44. The van der Waals surface area contributed by atoms with Gasteiger partial charge in [-0.05, 0) is 43.2 Å². The largest absolute Gasteiger partial charge is 0.497 e. The number of hydrogen-bond acceptors (Lipinski definition) is 4. The summed E-state index contributed by atoms with van der Waals surface area (Å²) in [5.74, 6) is 2.70. The lowest BCUT2D eigenvalue weighted by molar-refractivity contribution is 0.105. The van der Waals surface area contributed by atoms with Crippen LogP contribution in [-0.2, 0) is 16.6 Å². The van der Waals surface area contributed by atoms with Gasteiger partial charge in [-0.25, -0.2) is 0 Å². The van der Waals surface area contributed by atoms with Gasteiger partial charge in [-0.1, -0.05) is 12.1 Å². The fourth-order valence-corrected chi connectivity index (χ4v) is 6.01. The molecule has 3 aliphatic carbocycles. The van der Waals surface area contributed by atoms with E-state index in [1.807, 2.05) is 0 Å². The fourth-order valence-electron chi connectivity index (χ4n) is 6.01. The minimum atomic E-state index is -0.0469. The molecule has 2 heterocycles. The summed E-state index contributed by atoms with van der Waals surface area (Å²) in [5.41, 5.74) is 4.53. The smallest absolute Gasteiger partial charge is 0.169 e. The topological polar surface area (TPSA) is 30.7 Å². The summed E-state index contributed by atoms with van der Waals surface area (Å²) in [5, 5.41) is 0. The van der Waals surface area contributed by atoms with Gasteiger partial charge in [-0.2, -0.15) is 0 Å². The molecule has 1 aromatic rings. The van der Waals surface area contributed by atoms with Crippen molar-refractivity contribution in [2.75, 3.05) is 21.3 Å². The SMILES string of the molecule is COC1=CC=C2C3[N@@](C)[C@@]34Cc3ccc(OC)c5c3[C@@]2(C4)C1O5. The number of piperidine rings is 1. The summed E-state index contributed by atoms with van der Waals surface area (Å²) in [6, 6.07) is 4.84. The third-order valence-electron chi connectivity index (χ3n) is 6.90. The van der Waals surface area contributed by atoms with Gasteiger partial charge in [0.05, 0.1) is 25.7 Å². The number of rotatable bonds is 2. The summed E-state index contributed by atoms with van der Waals surface area (Å²) in [7, 11) is 5.72. The van der Waals surface area contributed by atoms with Crippen LogP contribution in [0.2, 0.25) is 0 Å². The minimum absolute atomic E-state index is 0.0454. The van der Waals surface area contributed by atoms with Crippen molar-refractivity contribution < 1.29 is 14.2 Å². The second-order valence-electron chi connectivity index (χ2n) is 7.47. The monoisotopic (exact) mass is 309 g/mol. The molecule has 4 heteroatoms. The number of ether oxygens (including phenoxy) is 3. The van der Waals surface area contributed by atoms with E-state index < -0.39 is 0 Å². The first-order valence-electron chi connectivity index (χ1n) is 8.23. The van der Waals surface area contributed by atoms with Crippen LogP contribution >= 0.6 is 0 Å². The lowest BCUT2D eigenvalue weighted by Crippen LogP contribution is -2.47. The Labute approximate surface area is 135 Å². The van der Waals surface area contributed by atoms with E-state index in [-0.39, 0.29) is 17.1 Å². The zero-order valence-corrected chi connectivity index (χ0v) is 13.6. The van der Waals surface area contributed by atoms with Gasteiger partial charge in [0.1, 0.15) is 5.76 Å². The van der Waals surface area contributed by atoms with Crippen molar-refractivity contribution in [2.24, 2.45) is 0 Å². The molecule has 2 fully saturated rings. The highest BCUT2D eigenvalue weighted by molar-refractivity contribution is 5.72. The summed E-state index contributed by atoms with van der Waals surface area (Å²) >= 11 is 0. The number of allylic oxidation sites excluding steroid dienone is 2. The molecule has 2 unspecified atom stereocenters. The normalized spacial score (nSPS) is 43.0. The molecule has 5 atom stereocenters. The van der Waals surface area contributed by atoms with E-state index in [2.05, 4.69) is 36.2 Å². The standard InChI is InChI=1S/C19H19NO3/c1-20-16-11-5-7-13(22-3)17-19(11)9-18(16,20)8-10-4-6-12(21-2)15(23-17)14(10)19/h4-7,16-17H,8-9H2,1-3H3/t16?,17?,18-,19+,20-/m1/s1. The van der Waals surface area contributed by atoms with Gasteiger partial charge >= 0.3 is 0 Å². The van der Waals surface area contributed by atoms with Crippen LogP contribution in [-0.4, -0.2) is 43.9 Å². The predicted octanol–water partition coefficient (Wildman–Crippen LogP) is 2.18. The maximum Gasteiger partial charge on any atom is 0.169 e. The molecule has 0 N–H and O–H groups in total. The van der Waals surface area contributed by atoms with Crippen molar-refractivity contribution in [1.82, 2.24) is 4.90 Å². The zero-order chi connectivity index (χ0) is 15.6. The van der Waals surface area contributed by atoms with Crippen LogP contribution in [0.25, 0.3) is 0 Å². The molecule has 2 aliphatic heterocycles. The average molecular weight is 309 g/mol. The number of methoxy groups -OCH3 is 2. The van der Waals surface area contributed by atoms with Gasteiger partial charge in [-0.15, -0.1) is 0 Å². The maximum atomic E-state index is 6.47. The molecule has 0 amide bonds. The average Bonchev–Trinajstić information content (AvgIpc) is 2.88. The fraction of sp³-hybridized carbons (Fsp3) is 0.474. The highest BCUT2D eigenvalue weighted by Gasteiger charge is 2.79. The van der Waals surface area contributed by atoms with E-state index >= 15 is 0 Å². The lowest BCUT2D eigenvalue weighted by atomic mass is 9.64. The van der Waals surface area contributed by atoms with Crippen LogP contribution in [0.3, 0.4) is 0 Å². The van der Waals surface area contributed by atoms with Gasteiger partial charge in [-0.3, -0.25) is 4.90 Å². The van der Waals surface area contributed by atoms with Crippen LogP contribution in [0.5, 0.6) is 11.5 Å².